The molecule has 1 fully saturated rings. The Balaban J connectivity index is 1.14. The number of benzene rings is 3. The molecular formula is C37H48O2. The van der Waals surface area contributed by atoms with Gasteiger partial charge in [-0.2, -0.15) is 0 Å². The smallest absolute Gasteiger partial charge is 0.314 e. The van der Waals surface area contributed by atoms with Crippen LogP contribution in [0.2, 0.25) is 0 Å². The number of hydrogen-bond acceptors (Lipinski definition) is 2. The van der Waals surface area contributed by atoms with Crippen molar-refractivity contribution in [3.63, 3.8) is 0 Å². The highest BCUT2D eigenvalue weighted by Crippen LogP contribution is 2.38. The van der Waals surface area contributed by atoms with Crippen LogP contribution in [-0.2, 0) is 11.2 Å². The molecule has 208 valence electrons. The lowest BCUT2D eigenvalue weighted by Crippen LogP contribution is -2.18. The van der Waals surface area contributed by atoms with E-state index in [-0.39, 0.29) is 11.9 Å². The van der Waals surface area contributed by atoms with Gasteiger partial charge in [0.2, 0.25) is 0 Å². The number of unbranched alkanes of at least 4 members (excludes halogenated alkanes) is 4. The third kappa shape index (κ3) is 9.38. The molecule has 1 aliphatic carbocycles. The summed E-state index contributed by atoms with van der Waals surface area (Å²) < 4.78 is 5.74. The van der Waals surface area contributed by atoms with Gasteiger partial charge in [-0.15, -0.1) is 0 Å². The van der Waals surface area contributed by atoms with Gasteiger partial charge in [0.15, 0.2) is 0 Å². The highest BCUT2D eigenvalue weighted by molar-refractivity contribution is 5.74. The van der Waals surface area contributed by atoms with Crippen LogP contribution in [0.25, 0.3) is 11.1 Å². The number of carbonyl (C=O) groups excluding carboxylic acids is 1. The van der Waals surface area contributed by atoms with Gasteiger partial charge in [-0.3, -0.25) is 4.79 Å². The van der Waals surface area contributed by atoms with E-state index in [0.29, 0.717) is 11.7 Å². The fourth-order valence-electron chi connectivity index (χ4n) is 6.07. The molecule has 0 bridgehead atoms. The van der Waals surface area contributed by atoms with Crippen molar-refractivity contribution in [2.75, 3.05) is 0 Å². The van der Waals surface area contributed by atoms with E-state index < -0.39 is 0 Å². The van der Waals surface area contributed by atoms with Gasteiger partial charge in [-0.1, -0.05) is 119 Å². The van der Waals surface area contributed by atoms with Gasteiger partial charge in [0.1, 0.15) is 5.75 Å². The van der Waals surface area contributed by atoms with Crippen molar-refractivity contribution in [2.45, 2.75) is 103 Å². The third-order valence-electron chi connectivity index (χ3n) is 8.70. The van der Waals surface area contributed by atoms with Crippen molar-refractivity contribution in [1.29, 1.82) is 0 Å². The van der Waals surface area contributed by atoms with E-state index in [2.05, 4.69) is 67.6 Å². The van der Waals surface area contributed by atoms with Gasteiger partial charge >= 0.3 is 5.97 Å². The van der Waals surface area contributed by atoms with Crippen LogP contribution < -0.4 is 4.74 Å². The number of hydrogen-bond donors (Lipinski definition) is 0. The zero-order valence-corrected chi connectivity index (χ0v) is 24.2. The van der Waals surface area contributed by atoms with Crippen molar-refractivity contribution in [1.82, 2.24) is 0 Å². The molecule has 2 heteroatoms. The maximum Gasteiger partial charge on any atom is 0.314 e. The largest absolute Gasteiger partial charge is 0.426 e. The van der Waals surface area contributed by atoms with Crippen LogP contribution in [0.5, 0.6) is 5.75 Å². The highest BCUT2D eigenvalue weighted by atomic mass is 16.5. The van der Waals surface area contributed by atoms with Crippen LogP contribution >= 0.6 is 0 Å². The van der Waals surface area contributed by atoms with Gasteiger partial charge in [-0.25, -0.2) is 0 Å². The molecule has 1 atom stereocenters. The fraction of sp³-hybridized carbons (Fsp3) is 0.486. The van der Waals surface area contributed by atoms with E-state index in [4.69, 9.17) is 4.74 Å². The Kier molecular flexibility index (Phi) is 11.7. The van der Waals surface area contributed by atoms with Crippen molar-refractivity contribution in [3.05, 3.63) is 90.0 Å². The molecule has 0 N–H and O–H groups in total. The Morgan fingerprint density at radius 2 is 1.44 bits per heavy atom. The first kappa shape index (κ1) is 29.1. The van der Waals surface area contributed by atoms with Crippen LogP contribution in [0.4, 0.5) is 0 Å². The first-order valence-electron chi connectivity index (χ1n) is 15.6. The van der Waals surface area contributed by atoms with Crippen molar-refractivity contribution < 1.29 is 9.53 Å². The van der Waals surface area contributed by atoms with Gasteiger partial charge in [-0.05, 0) is 91.2 Å². The second-order valence-electron chi connectivity index (χ2n) is 11.8. The molecule has 39 heavy (non-hydrogen) atoms. The summed E-state index contributed by atoms with van der Waals surface area (Å²) in [6, 6.07) is 27.6. The zero-order chi connectivity index (χ0) is 27.3. The summed E-state index contributed by atoms with van der Waals surface area (Å²) in [6.45, 7) is 4.27. The standard InChI is InChI=1S/C37H48O2/c1-3-4-5-6-8-13-30-17-23-34(24-18-30)35-25-27-36(28-26-35)39-37(38)29(2)12-11-14-31-19-21-33(22-20-31)32-15-9-7-10-16-32/h7,9-10,15-16,19-22,25-30,34H,3-6,8,11-14,17-18,23-24H2,1-2H3. The molecule has 0 spiro atoms. The lowest BCUT2D eigenvalue weighted by atomic mass is 9.77. The number of ether oxygens (including phenoxy) is 1. The van der Waals surface area contributed by atoms with Crippen molar-refractivity contribution in [3.8, 4) is 16.9 Å². The Hall–Kier alpha value is -2.87. The predicted molar refractivity (Wildman–Crippen MR) is 164 cm³/mol. The Morgan fingerprint density at radius 3 is 2.13 bits per heavy atom. The van der Waals surface area contributed by atoms with E-state index >= 15 is 0 Å². The van der Waals surface area contributed by atoms with Crippen molar-refractivity contribution >= 4 is 5.97 Å². The molecule has 0 aromatic heterocycles. The molecule has 0 saturated heterocycles. The average molecular weight is 525 g/mol. The summed E-state index contributed by atoms with van der Waals surface area (Å²) in [7, 11) is 0. The quantitative estimate of drug-likeness (QED) is 0.119. The second-order valence-corrected chi connectivity index (χ2v) is 11.8. The van der Waals surface area contributed by atoms with E-state index in [9.17, 15) is 4.79 Å². The molecule has 0 amide bonds. The van der Waals surface area contributed by atoms with Crippen molar-refractivity contribution in [2.24, 2.45) is 11.8 Å². The number of esters is 1. The maximum atomic E-state index is 12.7. The molecule has 0 heterocycles. The van der Waals surface area contributed by atoms with Gasteiger partial charge in [0.05, 0.1) is 5.92 Å². The molecule has 3 aromatic carbocycles. The second kappa shape index (κ2) is 15.7. The third-order valence-corrected chi connectivity index (χ3v) is 8.70. The summed E-state index contributed by atoms with van der Waals surface area (Å²) >= 11 is 0. The summed E-state index contributed by atoms with van der Waals surface area (Å²) in [5.41, 5.74) is 5.20. The van der Waals surface area contributed by atoms with Gasteiger partial charge in [0, 0.05) is 0 Å². The molecule has 4 rings (SSSR count). The Morgan fingerprint density at radius 1 is 0.769 bits per heavy atom. The first-order chi connectivity index (χ1) is 19.1. The lowest BCUT2D eigenvalue weighted by Gasteiger charge is -2.29. The molecule has 1 aliphatic rings. The summed E-state index contributed by atoms with van der Waals surface area (Å²) in [6.07, 6.45) is 16.5. The van der Waals surface area contributed by atoms with E-state index in [0.717, 1.165) is 25.2 Å². The van der Waals surface area contributed by atoms with Crippen LogP contribution in [0, 0.1) is 11.8 Å². The minimum Gasteiger partial charge on any atom is -0.426 e. The molecule has 0 aliphatic heterocycles. The summed E-state index contributed by atoms with van der Waals surface area (Å²) in [5, 5.41) is 0. The number of aryl methyl sites for hydroxylation is 1. The first-order valence-corrected chi connectivity index (χ1v) is 15.6. The minimum absolute atomic E-state index is 0.106. The molecule has 1 unspecified atom stereocenters. The summed E-state index contributed by atoms with van der Waals surface area (Å²) in [5.74, 6) is 2.03. The van der Waals surface area contributed by atoms with Gasteiger partial charge < -0.3 is 4.74 Å². The van der Waals surface area contributed by atoms with E-state index in [1.807, 2.05) is 25.1 Å². The molecule has 0 radical (unpaired) electrons. The van der Waals surface area contributed by atoms with Crippen LogP contribution in [0.15, 0.2) is 78.9 Å². The molecular weight excluding hydrogens is 476 g/mol. The average Bonchev–Trinajstić information content (AvgIpc) is 2.98. The van der Waals surface area contributed by atoms with E-state index in [1.54, 1.807) is 0 Å². The monoisotopic (exact) mass is 524 g/mol. The maximum absolute atomic E-state index is 12.7. The predicted octanol–water partition coefficient (Wildman–Crippen LogP) is 10.6. The summed E-state index contributed by atoms with van der Waals surface area (Å²) in [4.78, 5) is 12.7. The molecule has 1 saturated carbocycles. The minimum atomic E-state index is -0.123. The number of rotatable bonds is 14. The lowest BCUT2D eigenvalue weighted by molar-refractivity contribution is -0.138. The normalized spacial score (nSPS) is 18.0. The molecule has 2 nitrogen and oxygen atoms in total. The number of carbonyl (C=O) groups is 1. The van der Waals surface area contributed by atoms with Gasteiger partial charge in [0.25, 0.3) is 0 Å². The van der Waals surface area contributed by atoms with Crippen LogP contribution in [-0.4, -0.2) is 5.97 Å². The Bertz CT molecular complexity index is 1090. The Labute approximate surface area is 237 Å². The zero-order valence-electron chi connectivity index (χ0n) is 24.2. The molecule has 3 aromatic rings. The van der Waals surface area contributed by atoms with Crippen LogP contribution in [0.3, 0.4) is 0 Å². The van der Waals surface area contributed by atoms with E-state index in [1.165, 1.54) is 86.5 Å². The SMILES string of the molecule is CCCCCCCC1CCC(c2ccc(OC(=O)C(C)CCCc3ccc(-c4ccccc4)cc3)cc2)CC1. The highest BCUT2D eigenvalue weighted by Gasteiger charge is 2.22. The fourth-order valence-corrected chi connectivity index (χ4v) is 6.07. The topological polar surface area (TPSA) is 26.3 Å². The van der Waals surface area contributed by atoms with Crippen LogP contribution in [0.1, 0.15) is 108 Å².